The Kier molecular flexibility index (Phi) is 13.3. The normalized spacial score (nSPS) is 11.4. The predicted octanol–water partition coefficient (Wildman–Crippen LogP) is 9.31. The van der Waals surface area contributed by atoms with Gasteiger partial charge in [0.25, 0.3) is 11.8 Å². The van der Waals surface area contributed by atoms with Crippen molar-refractivity contribution in [2.75, 3.05) is 31.6 Å². The molecule has 0 heterocycles. The highest BCUT2D eigenvalue weighted by molar-refractivity contribution is 6.31. The second-order valence-corrected chi connectivity index (χ2v) is 15.2. The summed E-state index contributed by atoms with van der Waals surface area (Å²) in [6.07, 6.45) is -0.983. The number of nitrogens with one attached hydrogen (secondary N) is 3. The lowest BCUT2D eigenvalue weighted by Crippen LogP contribution is -2.33. The van der Waals surface area contributed by atoms with Gasteiger partial charge in [-0.1, -0.05) is 60.1 Å². The molecule has 13 heteroatoms. The van der Waals surface area contributed by atoms with Gasteiger partial charge in [0.1, 0.15) is 29.3 Å². The number of ether oxygens (including phenoxy) is 5. The second kappa shape index (κ2) is 18.1. The molecule has 0 aliphatic heterocycles. The zero-order valence-corrected chi connectivity index (χ0v) is 33.0. The van der Waals surface area contributed by atoms with Crippen LogP contribution >= 0.6 is 11.6 Å². The molecule has 5 aromatic carbocycles. The molecule has 294 valence electrons. The maximum absolute atomic E-state index is 13.8. The van der Waals surface area contributed by atoms with Gasteiger partial charge < -0.3 is 39.6 Å². The summed E-state index contributed by atoms with van der Waals surface area (Å²) in [7, 11) is 0. The molecule has 0 aliphatic carbocycles. The second-order valence-electron chi connectivity index (χ2n) is 14.8. The molecule has 0 aliphatic rings. The molecule has 12 nitrogen and oxygen atoms in total. The SMILES string of the molecule is CC(C)(C)OC(=O)NCCCOc1cc2ccccc2cc1C(=O)NCCOc1cc2ccccc2cc1C(=O)Nc1ccc(Cl)cc1OC(=O)OC(C)(C)C. The van der Waals surface area contributed by atoms with Crippen LogP contribution in [0, 0.1) is 0 Å². The molecule has 0 bridgehead atoms. The molecule has 3 amide bonds. The lowest BCUT2D eigenvalue weighted by Gasteiger charge is -2.20. The molecular formula is C43H46ClN3O9. The average molecular weight is 784 g/mol. The summed E-state index contributed by atoms with van der Waals surface area (Å²) >= 11 is 6.19. The van der Waals surface area contributed by atoms with Crippen LogP contribution < -0.4 is 30.2 Å². The van der Waals surface area contributed by atoms with Gasteiger partial charge in [0.05, 0.1) is 30.0 Å². The Labute approximate surface area is 330 Å². The number of amides is 3. The summed E-state index contributed by atoms with van der Waals surface area (Å²) in [5, 5.41) is 12.1. The standard InChI is InChI=1S/C43H46ClN3O9/c1-42(2,3)55-40(50)46-18-11-20-52-35-24-29-14-9-7-12-27(29)22-32(35)38(48)45-19-21-53-36-25-30-15-10-8-13-28(30)23-33(36)39(49)47-34-17-16-31(44)26-37(34)54-41(51)56-43(4,5)6/h7-10,12-17,22-26H,11,18-21H2,1-6H3,(H,45,48)(H,46,50)(H,47,49). The number of rotatable bonds is 13. The van der Waals surface area contributed by atoms with E-state index in [-0.39, 0.29) is 53.4 Å². The average Bonchev–Trinajstić information content (AvgIpc) is 3.12. The molecule has 0 saturated carbocycles. The minimum absolute atomic E-state index is 0.000533. The summed E-state index contributed by atoms with van der Waals surface area (Å²) in [5.74, 6) is -0.247. The Morgan fingerprint density at radius 2 is 1.12 bits per heavy atom. The van der Waals surface area contributed by atoms with Crippen LogP contribution in [0.5, 0.6) is 17.2 Å². The van der Waals surface area contributed by atoms with Gasteiger partial charge >= 0.3 is 12.2 Å². The van der Waals surface area contributed by atoms with Crippen molar-refractivity contribution in [2.24, 2.45) is 0 Å². The van der Waals surface area contributed by atoms with E-state index in [2.05, 4.69) is 16.0 Å². The van der Waals surface area contributed by atoms with Crippen molar-refractivity contribution >= 4 is 62.9 Å². The first kappa shape index (κ1) is 41.2. The van der Waals surface area contributed by atoms with Gasteiger partial charge in [-0.25, -0.2) is 9.59 Å². The van der Waals surface area contributed by atoms with Crippen LogP contribution in [-0.2, 0) is 9.47 Å². The van der Waals surface area contributed by atoms with E-state index < -0.39 is 29.4 Å². The number of benzene rings is 5. The maximum atomic E-state index is 13.8. The van der Waals surface area contributed by atoms with Crippen molar-refractivity contribution in [1.82, 2.24) is 10.6 Å². The molecule has 5 rings (SSSR count). The molecule has 0 spiro atoms. The molecule has 0 aromatic heterocycles. The van der Waals surface area contributed by atoms with Crippen molar-refractivity contribution in [1.29, 1.82) is 0 Å². The van der Waals surface area contributed by atoms with Crippen LogP contribution in [0.1, 0.15) is 68.7 Å². The molecular weight excluding hydrogens is 738 g/mol. The number of fused-ring (bicyclic) bond motifs is 2. The Morgan fingerprint density at radius 1 is 0.589 bits per heavy atom. The van der Waals surface area contributed by atoms with Crippen LogP contribution in [0.15, 0.2) is 91.0 Å². The van der Waals surface area contributed by atoms with Gasteiger partial charge in [-0.2, -0.15) is 0 Å². The van der Waals surface area contributed by atoms with Crippen LogP contribution in [0.3, 0.4) is 0 Å². The first-order valence-electron chi connectivity index (χ1n) is 18.1. The van der Waals surface area contributed by atoms with Gasteiger partial charge in [0.15, 0.2) is 5.75 Å². The van der Waals surface area contributed by atoms with E-state index in [1.807, 2.05) is 54.6 Å². The third-order valence-corrected chi connectivity index (χ3v) is 8.09. The largest absolute Gasteiger partial charge is 0.514 e. The molecule has 56 heavy (non-hydrogen) atoms. The molecule has 0 atom stereocenters. The van der Waals surface area contributed by atoms with E-state index >= 15 is 0 Å². The molecule has 0 saturated heterocycles. The number of alkyl carbamates (subject to hydrolysis) is 1. The van der Waals surface area contributed by atoms with Crippen LogP contribution in [0.2, 0.25) is 5.02 Å². The van der Waals surface area contributed by atoms with Crippen molar-refractivity contribution in [3.05, 3.63) is 107 Å². The van der Waals surface area contributed by atoms with Crippen molar-refractivity contribution in [2.45, 2.75) is 59.2 Å². The number of carbonyl (C=O) groups excluding carboxylic acids is 4. The van der Waals surface area contributed by atoms with E-state index in [1.165, 1.54) is 12.1 Å². The van der Waals surface area contributed by atoms with Gasteiger partial charge in [-0.15, -0.1) is 0 Å². The summed E-state index contributed by atoms with van der Waals surface area (Å²) in [6, 6.07) is 26.6. The quantitative estimate of drug-likeness (QED) is 0.0603. The fourth-order valence-corrected chi connectivity index (χ4v) is 5.61. The summed E-state index contributed by atoms with van der Waals surface area (Å²) in [5.41, 5.74) is -0.675. The van der Waals surface area contributed by atoms with Crippen LogP contribution in [0.25, 0.3) is 21.5 Å². The van der Waals surface area contributed by atoms with E-state index in [9.17, 15) is 19.2 Å². The van der Waals surface area contributed by atoms with Crippen molar-refractivity contribution < 1.29 is 42.9 Å². The third-order valence-electron chi connectivity index (χ3n) is 7.85. The first-order chi connectivity index (χ1) is 26.5. The zero-order valence-electron chi connectivity index (χ0n) is 32.2. The maximum Gasteiger partial charge on any atom is 0.514 e. The Balaban J connectivity index is 1.26. The minimum atomic E-state index is -0.956. The monoisotopic (exact) mass is 783 g/mol. The molecule has 0 unspecified atom stereocenters. The molecule has 3 N–H and O–H groups in total. The highest BCUT2D eigenvalue weighted by atomic mass is 35.5. The highest BCUT2D eigenvalue weighted by Gasteiger charge is 2.22. The molecule has 0 fully saturated rings. The van der Waals surface area contributed by atoms with Crippen LogP contribution in [0.4, 0.5) is 15.3 Å². The number of carbonyl (C=O) groups is 4. The Morgan fingerprint density at radius 3 is 1.70 bits per heavy atom. The third kappa shape index (κ3) is 12.0. The minimum Gasteiger partial charge on any atom is -0.493 e. The van der Waals surface area contributed by atoms with Gasteiger partial charge in [-0.3, -0.25) is 9.59 Å². The lowest BCUT2D eigenvalue weighted by molar-refractivity contribution is 0.0206. The molecule has 0 radical (unpaired) electrons. The Bertz CT molecular complexity index is 2230. The summed E-state index contributed by atoms with van der Waals surface area (Å²) in [4.78, 5) is 51.8. The van der Waals surface area contributed by atoms with Crippen molar-refractivity contribution in [3.63, 3.8) is 0 Å². The zero-order chi connectivity index (χ0) is 40.5. The van der Waals surface area contributed by atoms with E-state index in [1.54, 1.807) is 65.8 Å². The number of hydrogen-bond donors (Lipinski definition) is 3. The fourth-order valence-electron chi connectivity index (χ4n) is 5.45. The Hall–Kier alpha value is -6.01. The summed E-state index contributed by atoms with van der Waals surface area (Å²) in [6.45, 7) is 11.2. The number of anilines is 1. The molecule has 5 aromatic rings. The van der Waals surface area contributed by atoms with E-state index in [0.717, 1.165) is 21.5 Å². The van der Waals surface area contributed by atoms with Crippen molar-refractivity contribution in [3.8, 4) is 17.2 Å². The van der Waals surface area contributed by atoms with Gasteiger partial charge in [0, 0.05) is 17.6 Å². The van der Waals surface area contributed by atoms with Gasteiger partial charge in [-0.05, 0) is 106 Å². The van der Waals surface area contributed by atoms with E-state index in [4.69, 9.17) is 35.3 Å². The predicted molar refractivity (Wildman–Crippen MR) is 216 cm³/mol. The fraction of sp³-hybridized carbons (Fsp3) is 0.302. The van der Waals surface area contributed by atoms with E-state index in [0.29, 0.717) is 24.3 Å². The summed E-state index contributed by atoms with van der Waals surface area (Å²) < 4.78 is 28.1. The smallest absolute Gasteiger partial charge is 0.493 e. The van der Waals surface area contributed by atoms with Crippen LogP contribution in [-0.4, -0.2) is 61.6 Å². The topological polar surface area (TPSA) is 151 Å². The number of halogens is 1. The lowest BCUT2D eigenvalue weighted by atomic mass is 10.0. The first-order valence-corrected chi connectivity index (χ1v) is 18.5. The number of hydrogen-bond acceptors (Lipinski definition) is 9. The highest BCUT2D eigenvalue weighted by Crippen LogP contribution is 2.32. The van der Waals surface area contributed by atoms with Gasteiger partial charge in [0.2, 0.25) is 0 Å².